The average molecular weight is 457 g/mol. The second-order valence-corrected chi connectivity index (χ2v) is 8.33. The highest BCUT2D eigenvalue weighted by Crippen LogP contribution is 2.34. The van der Waals surface area contributed by atoms with Gasteiger partial charge in [-0.05, 0) is 69.3 Å². The van der Waals surface area contributed by atoms with Gasteiger partial charge in [-0.15, -0.1) is 0 Å². The third kappa shape index (κ3) is 3.87. The Labute approximate surface area is 196 Å². The molecule has 0 fully saturated rings. The molecule has 0 saturated carbocycles. The van der Waals surface area contributed by atoms with Gasteiger partial charge in [0.15, 0.2) is 0 Å². The highest BCUT2D eigenvalue weighted by atomic mass is 19.1. The Balaban J connectivity index is 1.57. The molecule has 0 aliphatic heterocycles. The predicted octanol–water partition coefficient (Wildman–Crippen LogP) is 6.06. The van der Waals surface area contributed by atoms with Crippen LogP contribution in [-0.2, 0) is 0 Å². The fourth-order valence-electron chi connectivity index (χ4n) is 4.11. The second kappa shape index (κ2) is 8.62. The van der Waals surface area contributed by atoms with Gasteiger partial charge < -0.3 is 14.6 Å². The van der Waals surface area contributed by atoms with Crippen molar-refractivity contribution < 1.29 is 9.13 Å². The number of halogens is 1. The number of fused-ring (bicyclic) bond motifs is 1. The fraction of sp³-hybridized carbons (Fsp3) is 0.192. The topological polar surface area (TPSA) is 69.8 Å². The monoisotopic (exact) mass is 456 g/mol. The second-order valence-electron chi connectivity index (χ2n) is 8.33. The number of benzene rings is 3. The van der Waals surface area contributed by atoms with Gasteiger partial charge in [0.05, 0.1) is 18.3 Å². The normalized spacial score (nSPS) is 11.4. The Bertz CT molecular complexity index is 1470. The van der Waals surface area contributed by atoms with Crippen molar-refractivity contribution in [3.05, 3.63) is 78.6 Å². The highest BCUT2D eigenvalue weighted by Gasteiger charge is 2.18. The molecular weight excluding hydrogens is 431 g/mol. The van der Waals surface area contributed by atoms with E-state index in [0.717, 1.165) is 39.5 Å². The molecule has 7 nitrogen and oxygen atoms in total. The molecular formula is C26H25FN6O. The van der Waals surface area contributed by atoms with Crippen LogP contribution in [0.4, 0.5) is 15.8 Å². The lowest BCUT2D eigenvalue weighted by Gasteiger charge is -2.14. The lowest BCUT2D eigenvalue weighted by Crippen LogP contribution is -2.03. The summed E-state index contributed by atoms with van der Waals surface area (Å²) in [5.74, 6) is 1.89. The third-order valence-electron chi connectivity index (χ3n) is 5.65. The van der Waals surface area contributed by atoms with Crippen LogP contribution in [-0.4, -0.2) is 31.4 Å². The van der Waals surface area contributed by atoms with Crippen LogP contribution >= 0.6 is 0 Å². The van der Waals surface area contributed by atoms with Crippen molar-refractivity contribution in [1.82, 2.24) is 24.3 Å². The van der Waals surface area contributed by atoms with Crippen molar-refractivity contribution in [2.75, 3.05) is 12.4 Å². The minimum absolute atomic E-state index is 0.172. The number of hydrogen-bond donors (Lipinski definition) is 1. The number of rotatable bonds is 6. The summed E-state index contributed by atoms with van der Waals surface area (Å²) in [6.07, 6.45) is 1.66. The van der Waals surface area contributed by atoms with Gasteiger partial charge in [-0.1, -0.05) is 6.07 Å². The van der Waals surface area contributed by atoms with Crippen molar-refractivity contribution >= 4 is 22.4 Å². The number of hydrogen-bond acceptors (Lipinski definition) is 5. The van der Waals surface area contributed by atoms with Gasteiger partial charge in [0.2, 0.25) is 0 Å². The standard InChI is InChI=1S/C26H25FN6O/c1-16(2)33-23-7-5-6-21(25(23)30-26(33)18-8-10-19(27)11-9-18)29-20-12-13-22(24(14-20)34-4)32-15-28-17(3)31-32/h5-16,29H,1-4H3. The summed E-state index contributed by atoms with van der Waals surface area (Å²) in [6, 6.07) is 18.5. The number of nitrogens with one attached hydrogen (secondary N) is 1. The first-order chi connectivity index (χ1) is 16.4. The Hall–Kier alpha value is -4.20. The quantitative estimate of drug-likeness (QED) is 0.336. The van der Waals surface area contributed by atoms with E-state index in [0.29, 0.717) is 11.6 Å². The summed E-state index contributed by atoms with van der Waals surface area (Å²) in [5.41, 5.74) is 5.23. The number of imidazole rings is 1. The van der Waals surface area contributed by atoms with Crippen molar-refractivity contribution in [1.29, 1.82) is 0 Å². The summed E-state index contributed by atoms with van der Waals surface area (Å²) >= 11 is 0. The zero-order chi connectivity index (χ0) is 23.8. The van der Waals surface area contributed by atoms with E-state index in [1.165, 1.54) is 12.1 Å². The molecule has 0 bridgehead atoms. The van der Waals surface area contributed by atoms with E-state index in [1.807, 2.05) is 37.3 Å². The number of aromatic nitrogens is 5. The van der Waals surface area contributed by atoms with Crippen LogP contribution in [0, 0.1) is 12.7 Å². The number of aryl methyl sites for hydroxylation is 1. The first-order valence-corrected chi connectivity index (χ1v) is 11.0. The lowest BCUT2D eigenvalue weighted by molar-refractivity contribution is 0.412. The molecule has 1 N–H and O–H groups in total. The largest absolute Gasteiger partial charge is 0.494 e. The third-order valence-corrected chi connectivity index (χ3v) is 5.65. The minimum Gasteiger partial charge on any atom is -0.494 e. The number of para-hydroxylation sites is 1. The van der Waals surface area contributed by atoms with Gasteiger partial charge in [0.1, 0.15) is 40.7 Å². The number of anilines is 2. The fourth-order valence-corrected chi connectivity index (χ4v) is 4.11. The van der Waals surface area contributed by atoms with Crippen molar-refractivity contribution in [2.24, 2.45) is 0 Å². The molecule has 0 saturated heterocycles. The first-order valence-electron chi connectivity index (χ1n) is 11.0. The van der Waals surface area contributed by atoms with Gasteiger partial charge in [0.25, 0.3) is 0 Å². The molecule has 0 amide bonds. The molecule has 2 aromatic heterocycles. The number of nitrogens with zero attached hydrogens (tertiary/aromatic N) is 5. The molecule has 0 radical (unpaired) electrons. The van der Waals surface area contributed by atoms with Crippen LogP contribution in [0.25, 0.3) is 28.1 Å². The van der Waals surface area contributed by atoms with Crippen molar-refractivity contribution in [3.8, 4) is 22.8 Å². The Morgan fingerprint density at radius 3 is 2.50 bits per heavy atom. The van der Waals surface area contributed by atoms with Gasteiger partial charge in [-0.25, -0.2) is 19.0 Å². The molecule has 5 aromatic rings. The van der Waals surface area contributed by atoms with Crippen LogP contribution in [0.15, 0.2) is 67.0 Å². The zero-order valence-electron chi connectivity index (χ0n) is 19.5. The van der Waals surface area contributed by atoms with Crippen molar-refractivity contribution in [2.45, 2.75) is 26.8 Å². The maximum atomic E-state index is 13.5. The highest BCUT2D eigenvalue weighted by molar-refractivity contribution is 5.93. The summed E-state index contributed by atoms with van der Waals surface area (Å²) < 4.78 is 23.0. The summed E-state index contributed by atoms with van der Waals surface area (Å²) in [5, 5.41) is 7.86. The van der Waals surface area contributed by atoms with Crippen LogP contribution < -0.4 is 10.1 Å². The van der Waals surface area contributed by atoms with Crippen LogP contribution in [0.1, 0.15) is 25.7 Å². The van der Waals surface area contributed by atoms with Crippen molar-refractivity contribution in [3.63, 3.8) is 0 Å². The minimum atomic E-state index is -0.267. The van der Waals surface area contributed by atoms with Gasteiger partial charge >= 0.3 is 0 Å². The Morgan fingerprint density at radius 1 is 1.03 bits per heavy atom. The smallest absolute Gasteiger partial charge is 0.147 e. The summed E-state index contributed by atoms with van der Waals surface area (Å²) in [7, 11) is 1.63. The molecule has 3 aromatic carbocycles. The summed E-state index contributed by atoms with van der Waals surface area (Å²) in [6.45, 7) is 6.07. The number of ether oxygens (including phenoxy) is 1. The van der Waals surface area contributed by atoms with E-state index < -0.39 is 0 Å². The SMILES string of the molecule is COc1cc(Nc2cccc3c2nc(-c2ccc(F)cc2)n3C(C)C)ccc1-n1cnc(C)n1. The first kappa shape index (κ1) is 21.6. The van der Waals surface area contributed by atoms with E-state index >= 15 is 0 Å². The molecule has 8 heteroatoms. The molecule has 0 aliphatic rings. The maximum absolute atomic E-state index is 13.5. The lowest BCUT2D eigenvalue weighted by atomic mass is 10.2. The van der Waals surface area contributed by atoms with Crippen LogP contribution in [0.5, 0.6) is 5.75 Å². The van der Waals surface area contributed by atoms with Gasteiger partial charge in [-0.2, -0.15) is 5.10 Å². The molecule has 0 atom stereocenters. The average Bonchev–Trinajstić information content (AvgIpc) is 3.44. The van der Waals surface area contributed by atoms with Crippen LogP contribution in [0.3, 0.4) is 0 Å². The molecule has 5 rings (SSSR count). The van der Waals surface area contributed by atoms with E-state index in [2.05, 4.69) is 39.9 Å². The number of methoxy groups -OCH3 is 1. The van der Waals surface area contributed by atoms with E-state index in [-0.39, 0.29) is 11.9 Å². The van der Waals surface area contributed by atoms with E-state index in [4.69, 9.17) is 9.72 Å². The van der Waals surface area contributed by atoms with Crippen LogP contribution in [0.2, 0.25) is 0 Å². The summed E-state index contributed by atoms with van der Waals surface area (Å²) in [4.78, 5) is 9.16. The molecule has 0 spiro atoms. The maximum Gasteiger partial charge on any atom is 0.147 e. The molecule has 2 heterocycles. The van der Waals surface area contributed by atoms with E-state index in [9.17, 15) is 4.39 Å². The molecule has 172 valence electrons. The van der Waals surface area contributed by atoms with E-state index in [1.54, 1.807) is 30.3 Å². The van der Waals surface area contributed by atoms with Gasteiger partial charge in [-0.3, -0.25) is 0 Å². The van der Waals surface area contributed by atoms with Gasteiger partial charge in [0, 0.05) is 23.4 Å². The Morgan fingerprint density at radius 2 is 1.82 bits per heavy atom. The molecule has 34 heavy (non-hydrogen) atoms. The molecule has 0 aliphatic carbocycles. The zero-order valence-corrected chi connectivity index (χ0v) is 19.5. The Kier molecular flexibility index (Phi) is 5.49. The predicted molar refractivity (Wildman–Crippen MR) is 131 cm³/mol. The molecule has 0 unspecified atom stereocenters.